The van der Waals surface area contributed by atoms with Crippen LogP contribution in [0, 0.1) is 22.7 Å². The number of hydrogen-bond donors (Lipinski definition) is 2. The summed E-state index contributed by atoms with van der Waals surface area (Å²) in [7, 11) is 0. The molecule has 0 aromatic heterocycles. The highest BCUT2D eigenvalue weighted by atomic mass is 19.1. The fraction of sp³-hybridized carbons (Fsp3) is 0.774. The fourth-order valence-corrected chi connectivity index (χ4v) is 8.84. The van der Waals surface area contributed by atoms with Crippen LogP contribution >= 0.6 is 0 Å². The van der Waals surface area contributed by atoms with Crippen LogP contribution in [0.25, 0.3) is 0 Å². The van der Waals surface area contributed by atoms with E-state index in [9.17, 15) is 19.5 Å². The molecular formula is C31H44FNO8. The molecule has 1 saturated heterocycles. The van der Waals surface area contributed by atoms with Crippen LogP contribution in [0.5, 0.6) is 0 Å². The number of allylic oxidation sites excluding steroid dienone is 4. The first-order valence-corrected chi connectivity index (χ1v) is 15.0. The Kier molecular flexibility index (Phi) is 7.79. The molecule has 3 saturated carbocycles. The number of unbranched alkanes of at least 4 members (excludes halogenated alkanes) is 3. The van der Waals surface area contributed by atoms with Gasteiger partial charge in [0.25, 0.3) is 0 Å². The molecule has 10 heteroatoms. The quantitative estimate of drug-likeness (QED) is 0.307. The summed E-state index contributed by atoms with van der Waals surface area (Å²) in [4.78, 5) is 38.4. The second-order valence-corrected chi connectivity index (χ2v) is 13.4. The van der Waals surface area contributed by atoms with Gasteiger partial charge in [0.05, 0.1) is 18.8 Å². The van der Waals surface area contributed by atoms with Crippen LogP contribution in [0.2, 0.25) is 0 Å². The molecule has 0 radical (unpaired) electrons. The molecule has 4 aliphatic carbocycles. The standard InChI is InChI=1S/C31H44FNO8/c1-27(2)40-25-16-22-21-10-9-19-15-20(34)11-12-28(19,3)30(21,32)23(35)17-29(22,4)31(25,41-27)24(36)18-39-26(37)38-14-8-6-5-7-13-33/h11-12,15,21-23,25,35H,5-10,13-14,16-18,33H2,1-4H3/t21-,22-,23-,25+,28-,29-,30-,31+/m0/s1. The average molecular weight is 578 g/mol. The number of ketones is 2. The van der Waals surface area contributed by atoms with E-state index in [-0.39, 0.29) is 24.7 Å². The Labute approximate surface area is 241 Å². The Morgan fingerprint density at radius 2 is 1.85 bits per heavy atom. The molecule has 3 N–H and O–H groups in total. The molecule has 0 amide bonds. The lowest BCUT2D eigenvalue weighted by atomic mass is 9.44. The summed E-state index contributed by atoms with van der Waals surface area (Å²) >= 11 is 0. The molecule has 0 unspecified atom stereocenters. The number of alkyl halides is 1. The average Bonchev–Trinajstić information content (AvgIpc) is 3.31. The number of aliphatic hydroxyl groups excluding tert-OH is 1. The third kappa shape index (κ3) is 4.51. The Morgan fingerprint density at radius 1 is 1.12 bits per heavy atom. The molecular weight excluding hydrogens is 533 g/mol. The van der Waals surface area contributed by atoms with Crippen molar-refractivity contribution in [3.05, 3.63) is 23.8 Å². The molecule has 8 atom stereocenters. The fourth-order valence-electron chi connectivity index (χ4n) is 8.84. The number of aliphatic hydroxyl groups is 1. The molecule has 0 bridgehead atoms. The normalized spacial score (nSPS) is 42.0. The van der Waals surface area contributed by atoms with E-state index in [1.165, 1.54) is 12.2 Å². The van der Waals surface area contributed by atoms with Crippen molar-refractivity contribution in [2.75, 3.05) is 19.8 Å². The maximum absolute atomic E-state index is 17.5. The highest BCUT2D eigenvalue weighted by molar-refractivity contribution is 6.01. The van der Waals surface area contributed by atoms with Gasteiger partial charge < -0.3 is 29.8 Å². The van der Waals surface area contributed by atoms with Gasteiger partial charge in [0.2, 0.25) is 5.78 Å². The van der Waals surface area contributed by atoms with Gasteiger partial charge in [0, 0.05) is 16.7 Å². The smallest absolute Gasteiger partial charge is 0.434 e. The minimum absolute atomic E-state index is 0.0513. The van der Waals surface area contributed by atoms with Crippen molar-refractivity contribution < 1.29 is 42.8 Å². The van der Waals surface area contributed by atoms with Crippen LogP contribution in [-0.4, -0.2) is 71.9 Å². The summed E-state index contributed by atoms with van der Waals surface area (Å²) in [5.41, 5.74) is 0.465. The number of nitrogens with two attached hydrogens (primary N) is 1. The van der Waals surface area contributed by atoms with E-state index < -0.39 is 64.6 Å². The van der Waals surface area contributed by atoms with Crippen LogP contribution in [0.3, 0.4) is 0 Å². The van der Waals surface area contributed by atoms with Gasteiger partial charge in [-0.2, -0.15) is 0 Å². The first-order valence-electron chi connectivity index (χ1n) is 15.0. The zero-order chi connectivity index (χ0) is 29.8. The number of fused-ring (bicyclic) bond motifs is 7. The highest BCUT2D eigenvalue weighted by Crippen LogP contribution is 2.72. The topological polar surface area (TPSA) is 134 Å². The number of hydrogen-bond acceptors (Lipinski definition) is 9. The van der Waals surface area contributed by atoms with E-state index in [1.807, 2.05) is 6.92 Å². The minimum atomic E-state index is -2.04. The number of carbonyl (C=O) groups is 3. The summed E-state index contributed by atoms with van der Waals surface area (Å²) in [6.45, 7) is 7.29. The second-order valence-electron chi connectivity index (χ2n) is 13.4. The lowest BCUT2D eigenvalue weighted by Crippen LogP contribution is -2.70. The van der Waals surface area contributed by atoms with E-state index in [0.29, 0.717) is 37.8 Å². The van der Waals surface area contributed by atoms with Crippen LogP contribution in [0.1, 0.15) is 79.1 Å². The maximum atomic E-state index is 17.5. The molecule has 1 heterocycles. The first-order chi connectivity index (χ1) is 19.2. The number of ether oxygens (including phenoxy) is 4. The van der Waals surface area contributed by atoms with Gasteiger partial charge in [-0.15, -0.1) is 0 Å². The molecule has 4 fully saturated rings. The van der Waals surface area contributed by atoms with E-state index >= 15 is 4.39 Å². The van der Waals surface area contributed by atoms with Gasteiger partial charge in [0.1, 0.15) is 0 Å². The summed E-state index contributed by atoms with van der Waals surface area (Å²) in [6, 6.07) is 0. The molecule has 5 rings (SSSR count). The molecule has 0 aromatic carbocycles. The Morgan fingerprint density at radius 3 is 2.59 bits per heavy atom. The van der Waals surface area contributed by atoms with Crippen molar-refractivity contribution in [1.29, 1.82) is 0 Å². The molecule has 1 aliphatic heterocycles. The molecule has 228 valence electrons. The monoisotopic (exact) mass is 577 g/mol. The van der Waals surface area contributed by atoms with Crippen LogP contribution in [-0.2, 0) is 28.5 Å². The Hall–Kier alpha value is -2.14. The van der Waals surface area contributed by atoms with Crippen LogP contribution in [0.15, 0.2) is 23.8 Å². The SMILES string of the molecule is CC1(C)O[C@@H]2C[C@H]3[C@@H]4CCC5=CC(=O)C=C[C@]5(C)[C@@]4(F)[C@@H](O)C[C@]3(C)[C@]2(C(=O)COC(=O)OCCCCCCN)O1. The van der Waals surface area contributed by atoms with Crippen molar-refractivity contribution in [3.63, 3.8) is 0 Å². The third-order valence-corrected chi connectivity index (χ3v) is 10.7. The predicted molar refractivity (Wildman–Crippen MR) is 146 cm³/mol. The molecule has 0 aromatic rings. The number of Topliss-reactive ketones (excluding diaryl/α,β-unsaturated/α-hetero) is 1. The molecule has 5 aliphatic rings. The first kappa shape index (κ1) is 30.3. The van der Waals surface area contributed by atoms with E-state index in [0.717, 1.165) is 19.3 Å². The Balaban J connectivity index is 1.37. The predicted octanol–water partition coefficient (Wildman–Crippen LogP) is 4.10. The minimum Gasteiger partial charge on any atom is -0.434 e. The third-order valence-electron chi connectivity index (χ3n) is 10.7. The summed E-state index contributed by atoms with van der Waals surface area (Å²) < 4.78 is 40.6. The van der Waals surface area contributed by atoms with E-state index in [1.54, 1.807) is 26.8 Å². The highest BCUT2D eigenvalue weighted by Gasteiger charge is 2.80. The van der Waals surface area contributed by atoms with Crippen molar-refractivity contribution in [2.24, 2.45) is 28.4 Å². The number of carbonyl (C=O) groups excluding carboxylic acids is 3. The molecule has 9 nitrogen and oxygen atoms in total. The van der Waals surface area contributed by atoms with Crippen LogP contribution in [0.4, 0.5) is 9.18 Å². The van der Waals surface area contributed by atoms with Crippen molar-refractivity contribution >= 4 is 17.7 Å². The lowest BCUT2D eigenvalue weighted by Gasteiger charge is -2.62. The number of rotatable bonds is 9. The molecule has 41 heavy (non-hydrogen) atoms. The van der Waals surface area contributed by atoms with Crippen LogP contribution < -0.4 is 5.73 Å². The number of halogens is 1. The largest absolute Gasteiger partial charge is 0.508 e. The maximum Gasteiger partial charge on any atom is 0.508 e. The van der Waals surface area contributed by atoms with E-state index in [2.05, 4.69) is 0 Å². The summed E-state index contributed by atoms with van der Waals surface area (Å²) in [5, 5.41) is 11.6. The zero-order valence-corrected chi connectivity index (χ0v) is 24.6. The summed E-state index contributed by atoms with van der Waals surface area (Å²) in [5.74, 6) is -2.72. The van der Waals surface area contributed by atoms with Crippen molar-refractivity contribution in [3.8, 4) is 0 Å². The van der Waals surface area contributed by atoms with Gasteiger partial charge in [-0.1, -0.05) is 31.4 Å². The lowest BCUT2D eigenvalue weighted by molar-refractivity contribution is -0.246. The summed E-state index contributed by atoms with van der Waals surface area (Å²) in [6.07, 6.45) is 6.06. The van der Waals surface area contributed by atoms with Gasteiger partial charge in [-0.25, -0.2) is 9.18 Å². The van der Waals surface area contributed by atoms with Gasteiger partial charge in [0.15, 0.2) is 29.4 Å². The molecule has 0 spiro atoms. The van der Waals surface area contributed by atoms with Crippen molar-refractivity contribution in [2.45, 2.75) is 108 Å². The van der Waals surface area contributed by atoms with Gasteiger partial charge >= 0.3 is 6.16 Å². The second kappa shape index (κ2) is 10.5. The van der Waals surface area contributed by atoms with E-state index in [4.69, 9.17) is 24.7 Å². The van der Waals surface area contributed by atoms with Gasteiger partial charge in [-0.3, -0.25) is 9.59 Å². The zero-order valence-electron chi connectivity index (χ0n) is 24.6. The van der Waals surface area contributed by atoms with Gasteiger partial charge in [-0.05, 0) is 83.9 Å². The Bertz CT molecular complexity index is 1150. The van der Waals surface area contributed by atoms with Crippen molar-refractivity contribution in [1.82, 2.24) is 0 Å².